The second-order valence-electron chi connectivity index (χ2n) is 5.90. The summed E-state index contributed by atoms with van der Waals surface area (Å²) in [6.07, 6.45) is 0.912. The van der Waals surface area contributed by atoms with E-state index in [0.717, 1.165) is 10.5 Å². The smallest absolute Gasteiger partial charge is 0.349 e. The number of amides is 3. The summed E-state index contributed by atoms with van der Waals surface area (Å²) in [7, 11) is 1.44. The zero-order chi connectivity index (χ0) is 18.7. The second kappa shape index (κ2) is 8.01. The van der Waals surface area contributed by atoms with Crippen LogP contribution in [-0.2, 0) is 17.0 Å². The fraction of sp³-hybridized carbons (Fsp3) is 0.353. The Hall–Kier alpha value is -2.19. The summed E-state index contributed by atoms with van der Waals surface area (Å²) < 4.78 is 5.62. The molecule has 2 heterocycles. The average molecular weight is 393 g/mol. The quantitative estimate of drug-likeness (QED) is 0.697. The van der Waals surface area contributed by atoms with E-state index in [-0.39, 0.29) is 5.91 Å². The van der Waals surface area contributed by atoms with E-state index in [9.17, 15) is 9.59 Å². The van der Waals surface area contributed by atoms with Gasteiger partial charge in [0, 0.05) is 30.0 Å². The van der Waals surface area contributed by atoms with Gasteiger partial charge in [0.1, 0.15) is 0 Å². The zero-order valence-electron chi connectivity index (χ0n) is 14.3. The van der Waals surface area contributed by atoms with Gasteiger partial charge in [-0.3, -0.25) is 9.69 Å². The molecule has 1 unspecified atom stereocenters. The van der Waals surface area contributed by atoms with Crippen LogP contribution in [0, 0.1) is 5.92 Å². The van der Waals surface area contributed by atoms with Gasteiger partial charge in [-0.15, -0.1) is 10.2 Å². The molecule has 136 valence electrons. The highest BCUT2D eigenvalue weighted by Gasteiger charge is 2.33. The van der Waals surface area contributed by atoms with Crippen LogP contribution in [0.1, 0.15) is 24.8 Å². The normalized spacial score (nSPS) is 17.6. The van der Waals surface area contributed by atoms with Crippen molar-refractivity contribution in [2.75, 3.05) is 7.05 Å². The van der Waals surface area contributed by atoms with Crippen LogP contribution < -0.4 is 0 Å². The maximum Gasteiger partial charge on any atom is 0.349 e. The molecule has 1 aromatic carbocycles. The van der Waals surface area contributed by atoms with Crippen molar-refractivity contribution < 1.29 is 14.0 Å². The Kier molecular flexibility index (Phi) is 5.73. The molecule has 26 heavy (non-hydrogen) atoms. The van der Waals surface area contributed by atoms with Crippen LogP contribution in [0.4, 0.5) is 4.79 Å². The Balaban J connectivity index is 1.55. The number of aromatic nitrogens is 2. The Labute approximate surface area is 159 Å². The van der Waals surface area contributed by atoms with Crippen LogP contribution in [0.2, 0.25) is 5.02 Å². The lowest BCUT2D eigenvalue weighted by Gasteiger charge is -2.25. The van der Waals surface area contributed by atoms with Crippen LogP contribution in [0.25, 0.3) is 0 Å². The number of carbonyl (C=O) groups is 2. The van der Waals surface area contributed by atoms with Gasteiger partial charge in [-0.05, 0) is 31.0 Å². The number of nitrogens with zero attached hydrogens (tertiary/aromatic N) is 4. The maximum atomic E-state index is 12.2. The molecule has 0 bridgehead atoms. The molecule has 3 rings (SSSR count). The number of urea groups is 1. The van der Waals surface area contributed by atoms with Gasteiger partial charge in [-0.25, -0.2) is 9.79 Å². The molecule has 0 radical (unpaired) electrons. The maximum absolute atomic E-state index is 12.2. The lowest BCUT2D eigenvalue weighted by molar-refractivity contribution is -0.129. The van der Waals surface area contributed by atoms with E-state index in [1.165, 1.54) is 18.8 Å². The van der Waals surface area contributed by atoms with Crippen LogP contribution in [-0.4, -0.2) is 39.8 Å². The molecule has 0 aliphatic carbocycles. The highest BCUT2D eigenvalue weighted by Crippen LogP contribution is 2.24. The first-order valence-electron chi connectivity index (χ1n) is 8.00. The first kappa shape index (κ1) is 18.6. The van der Waals surface area contributed by atoms with Crippen LogP contribution in [0.15, 0.2) is 38.9 Å². The molecule has 1 aromatic heterocycles. The number of thioether (sulfide) groups is 1. The van der Waals surface area contributed by atoms with E-state index in [2.05, 4.69) is 15.2 Å². The lowest BCUT2D eigenvalue weighted by atomic mass is 9.95. The molecule has 1 aliphatic rings. The molecular formula is C17H17ClN4O3S. The number of aryl methyl sites for hydroxylation is 1. The number of carbonyl (C=O) groups excluding carboxylic acids is 2. The second-order valence-corrected chi connectivity index (χ2v) is 7.26. The fourth-order valence-corrected chi connectivity index (χ4v) is 3.40. The van der Waals surface area contributed by atoms with Crippen molar-refractivity contribution >= 4 is 41.0 Å². The summed E-state index contributed by atoms with van der Waals surface area (Å²) in [5.74, 6) is 0.469. The van der Waals surface area contributed by atoms with Gasteiger partial charge in [0.05, 0.1) is 5.92 Å². The summed E-state index contributed by atoms with van der Waals surface area (Å²) in [6, 6.07) is 7.04. The number of benzene rings is 1. The number of aliphatic imine (C=N–C) groups is 1. The van der Waals surface area contributed by atoms with Gasteiger partial charge >= 0.3 is 6.03 Å². The standard InChI is InChI=1S/C17H17ClN4O3S/c1-10-13(15(23)22(2)16(24)19-10)7-8-14-20-21-17(25-14)26-9-11-3-5-12(18)6-4-11/h3-6,13H,7-9H2,1-2H3. The van der Waals surface area contributed by atoms with Crippen LogP contribution >= 0.6 is 23.4 Å². The Bertz CT molecular complexity index is 850. The van der Waals surface area contributed by atoms with Gasteiger partial charge in [-0.1, -0.05) is 35.5 Å². The minimum absolute atomic E-state index is 0.251. The summed E-state index contributed by atoms with van der Waals surface area (Å²) in [6.45, 7) is 1.69. The number of halogens is 1. The number of hydrogen-bond donors (Lipinski definition) is 0. The Morgan fingerprint density at radius 1 is 1.23 bits per heavy atom. The lowest BCUT2D eigenvalue weighted by Crippen LogP contribution is -2.43. The fourth-order valence-electron chi connectivity index (χ4n) is 2.53. The van der Waals surface area contributed by atoms with E-state index < -0.39 is 11.9 Å². The third kappa shape index (κ3) is 4.31. The molecule has 2 aromatic rings. The van der Waals surface area contributed by atoms with E-state index in [0.29, 0.717) is 40.4 Å². The van der Waals surface area contributed by atoms with Crippen molar-refractivity contribution in [1.29, 1.82) is 0 Å². The van der Waals surface area contributed by atoms with E-state index in [1.807, 2.05) is 24.3 Å². The molecule has 3 amide bonds. The highest BCUT2D eigenvalue weighted by atomic mass is 35.5. The molecule has 0 saturated heterocycles. The number of rotatable bonds is 6. The van der Waals surface area contributed by atoms with Crippen molar-refractivity contribution in [1.82, 2.24) is 15.1 Å². The van der Waals surface area contributed by atoms with Crippen molar-refractivity contribution in [3.63, 3.8) is 0 Å². The molecule has 1 atom stereocenters. The molecule has 0 N–H and O–H groups in total. The number of imide groups is 1. The molecule has 7 nitrogen and oxygen atoms in total. The monoisotopic (exact) mass is 392 g/mol. The third-order valence-electron chi connectivity index (χ3n) is 4.06. The molecular weight excluding hydrogens is 376 g/mol. The predicted molar refractivity (Wildman–Crippen MR) is 98.4 cm³/mol. The van der Waals surface area contributed by atoms with E-state index in [1.54, 1.807) is 6.92 Å². The minimum atomic E-state index is -0.526. The predicted octanol–water partition coefficient (Wildman–Crippen LogP) is 3.62. The Morgan fingerprint density at radius 3 is 2.69 bits per heavy atom. The van der Waals surface area contributed by atoms with Gasteiger partial charge < -0.3 is 4.42 Å². The molecule has 9 heteroatoms. The van der Waals surface area contributed by atoms with Crippen molar-refractivity contribution in [3.8, 4) is 0 Å². The summed E-state index contributed by atoms with van der Waals surface area (Å²) in [5, 5.41) is 9.21. The highest BCUT2D eigenvalue weighted by molar-refractivity contribution is 7.98. The van der Waals surface area contributed by atoms with Crippen LogP contribution in [0.3, 0.4) is 0 Å². The SMILES string of the molecule is CC1=NC(=O)N(C)C(=O)C1CCc1nnc(SCc2ccc(Cl)cc2)o1. The first-order chi connectivity index (χ1) is 12.4. The number of hydrogen-bond acceptors (Lipinski definition) is 6. The molecule has 0 fully saturated rings. The van der Waals surface area contributed by atoms with Crippen molar-refractivity contribution in [3.05, 3.63) is 40.7 Å². The average Bonchev–Trinajstić information content (AvgIpc) is 3.07. The molecule has 1 aliphatic heterocycles. The van der Waals surface area contributed by atoms with Crippen molar-refractivity contribution in [2.45, 2.75) is 30.7 Å². The molecule has 0 saturated carbocycles. The Morgan fingerprint density at radius 2 is 1.96 bits per heavy atom. The zero-order valence-corrected chi connectivity index (χ0v) is 15.9. The first-order valence-corrected chi connectivity index (χ1v) is 9.36. The van der Waals surface area contributed by atoms with Crippen molar-refractivity contribution in [2.24, 2.45) is 10.9 Å². The van der Waals surface area contributed by atoms with E-state index >= 15 is 0 Å². The topological polar surface area (TPSA) is 88.7 Å². The van der Waals surface area contributed by atoms with Gasteiger partial charge in [-0.2, -0.15) is 0 Å². The largest absolute Gasteiger partial charge is 0.416 e. The van der Waals surface area contributed by atoms with E-state index in [4.69, 9.17) is 16.0 Å². The van der Waals surface area contributed by atoms with Gasteiger partial charge in [0.2, 0.25) is 11.8 Å². The molecule has 0 spiro atoms. The minimum Gasteiger partial charge on any atom is -0.416 e. The van der Waals surface area contributed by atoms with Gasteiger partial charge in [0.15, 0.2) is 0 Å². The third-order valence-corrected chi connectivity index (χ3v) is 5.20. The van der Waals surface area contributed by atoms with Gasteiger partial charge in [0.25, 0.3) is 5.22 Å². The summed E-state index contributed by atoms with van der Waals surface area (Å²) in [4.78, 5) is 28.6. The van der Waals surface area contributed by atoms with Crippen LogP contribution in [0.5, 0.6) is 0 Å². The summed E-state index contributed by atoms with van der Waals surface area (Å²) >= 11 is 7.30. The summed E-state index contributed by atoms with van der Waals surface area (Å²) in [5.41, 5.74) is 1.63.